The average molecular weight is 323 g/mol. The van der Waals surface area contributed by atoms with Crippen LogP contribution < -0.4 is 5.32 Å². The van der Waals surface area contributed by atoms with Gasteiger partial charge in [0.15, 0.2) is 5.78 Å². The molecule has 0 spiro atoms. The first kappa shape index (κ1) is 16.2. The predicted octanol–water partition coefficient (Wildman–Crippen LogP) is 4.09. The summed E-state index contributed by atoms with van der Waals surface area (Å²) in [5, 5.41) is 3.47. The molecule has 2 unspecified atom stereocenters. The molecule has 0 fully saturated rings. The number of benzene rings is 2. The van der Waals surface area contributed by atoms with E-state index in [4.69, 9.17) is 4.74 Å². The highest BCUT2D eigenvalue weighted by Gasteiger charge is 2.40. The molecule has 3 rings (SSSR count). The van der Waals surface area contributed by atoms with E-state index >= 15 is 0 Å². The lowest BCUT2D eigenvalue weighted by Crippen LogP contribution is -2.37. The summed E-state index contributed by atoms with van der Waals surface area (Å²) >= 11 is 0. The van der Waals surface area contributed by atoms with Crippen LogP contribution in [-0.2, 0) is 4.74 Å². The lowest BCUT2D eigenvalue weighted by molar-refractivity contribution is 0.0594. The molecule has 2 aromatic carbocycles. The monoisotopic (exact) mass is 323 g/mol. The van der Waals surface area contributed by atoms with Gasteiger partial charge in [0.2, 0.25) is 0 Å². The number of ether oxygens (including phenoxy) is 1. The Morgan fingerprint density at radius 1 is 1.08 bits per heavy atom. The normalized spacial score (nSPS) is 19.6. The third kappa shape index (κ3) is 2.68. The summed E-state index contributed by atoms with van der Waals surface area (Å²) < 4.78 is 4.84. The van der Waals surface area contributed by atoms with Crippen molar-refractivity contribution in [3.05, 3.63) is 65.2 Å². The van der Waals surface area contributed by atoms with Crippen LogP contribution in [0.15, 0.2) is 48.5 Å². The number of fused-ring (bicyclic) bond motifs is 1. The fraction of sp³-hybridized carbons (Fsp3) is 0.300. The van der Waals surface area contributed by atoms with Gasteiger partial charge in [-0.2, -0.15) is 0 Å². The van der Waals surface area contributed by atoms with E-state index < -0.39 is 5.97 Å². The van der Waals surface area contributed by atoms with E-state index in [2.05, 4.69) is 5.32 Å². The topological polar surface area (TPSA) is 55.4 Å². The Balaban J connectivity index is 2.14. The van der Waals surface area contributed by atoms with Crippen molar-refractivity contribution in [2.24, 2.45) is 11.8 Å². The van der Waals surface area contributed by atoms with Gasteiger partial charge in [0.1, 0.15) is 0 Å². The first-order valence-corrected chi connectivity index (χ1v) is 8.11. The molecular formula is C20H21NO3. The summed E-state index contributed by atoms with van der Waals surface area (Å²) in [6.07, 6.45) is 0. The van der Waals surface area contributed by atoms with Crippen LogP contribution in [0, 0.1) is 11.8 Å². The number of carbonyl (C=O) groups excluding carboxylic acids is 2. The molecule has 124 valence electrons. The smallest absolute Gasteiger partial charge is 0.338 e. The Morgan fingerprint density at radius 2 is 1.79 bits per heavy atom. The number of nitrogens with one attached hydrogen (secondary N) is 1. The molecule has 4 heteroatoms. The van der Waals surface area contributed by atoms with E-state index in [0.717, 1.165) is 5.56 Å². The molecule has 1 aliphatic rings. The van der Waals surface area contributed by atoms with Gasteiger partial charge in [0, 0.05) is 11.6 Å². The zero-order valence-corrected chi connectivity index (χ0v) is 14.1. The van der Waals surface area contributed by atoms with Crippen LogP contribution in [0.4, 0.5) is 5.69 Å². The standard InChI is InChI=1S/C20H21NO3/c1-12(2)16-18(13-8-5-4-6-9-13)21-15-11-7-10-14(20(23)24-3)17(15)19(16)22/h4-12,16,18,21H,1-3H3. The van der Waals surface area contributed by atoms with E-state index in [0.29, 0.717) is 16.8 Å². The first-order chi connectivity index (χ1) is 11.5. The Labute approximate surface area is 141 Å². The molecule has 24 heavy (non-hydrogen) atoms. The summed E-state index contributed by atoms with van der Waals surface area (Å²) in [5.41, 5.74) is 2.52. The maximum atomic E-state index is 13.2. The van der Waals surface area contributed by atoms with Gasteiger partial charge < -0.3 is 10.1 Å². The predicted molar refractivity (Wildman–Crippen MR) is 93.2 cm³/mol. The Morgan fingerprint density at radius 3 is 2.42 bits per heavy atom. The van der Waals surface area contributed by atoms with E-state index in [9.17, 15) is 9.59 Å². The zero-order chi connectivity index (χ0) is 17.3. The number of Topliss-reactive ketones (excluding diaryl/α,β-unsaturated/α-hetero) is 1. The number of anilines is 1. The minimum atomic E-state index is -0.484. The number of methoxy groups -OCH3 is 1. The molecule has 0 bridgehead atoms. The van der Waals surface area contributed by atoms with Gasteiger partial charge in [-0.25, -0.2) is 4.79 Å². The second-order valence-corrected chi connectivity index (χ2v) is 6.39. The van der Waals surface area contributed by atoms with Crippen LogP contribution >= 0.6 is 0 Å². The number of hydrogen-bond donors (Lipinski definition) is 1. The summed E-state index contributed by atoms with van der Waals surface area (Å²) in [5.74, 6) is -0.601. The largest absolute Gasteiger partial charge is 0.465 e. The number of hydrogen-bond acceptors (Lipinski definition) is 4. The van der Waals surface area contributed by atoms with Crippen LogP contribution in [0.25, 0.3) is 0 Å². The fourth-order valence-corrected chi connectivity index (χ4v) is 3.43. The van der Waals surface area contributed by atoms with Crippen LogP contribution in [0.5, 0.6) is 0 Å². The van der Waals surface area contributed by atoms with Crippen LogP contribution in [-0.4, -0.2) is 18.9 Å². The van der Waals surface area contributed by atoms with Crippen molar-refractivity contribution in [1.82, 2.24) is 0 Å². The van der Waals surface area contributed by atoms with Crippen molar-refractivity contribution in [2.45, 2.75) is 19.9 Å². The minimum absolute atomic E-state index is 0.00592. The highest BCUT2D eigenvalue weighted by atomic mass is 16.5. The molecule has 0 saturated carbocycles. The molecule has 1 N–H and O–H groups in total. The molecule has 0 radical (unpaired) electrons. The molecule has 1 heterocycles. The maximum Gasteiger partial charge on any atom is 0.338 e. The summed E-state index contributed by atoms with van der Waals surface area (Å²) in [6, 6.07) is 15.1. The number of esters is 1. The highest BCUT2D eigenvalue weighted by Crippen LogP contribution is 2.41. The van der Waals surface area contributed by atoms with Crippen molar-refractivity contribution in [1.29, 1.82) is 0 Å². The minimum Gasteiger partial charge on any atom is -0.465 e. The highest BCUT2D eigenvalue weighted by molar-refractivity contribution is 6.12. The van der Waals surface area contributed by atoms with Crippen molar-refractivity contribution >= 4 is 17.4 Å². The summed E-state index contributed by atoms with van der Waals surface area (Å²) in [6.45, 7) is 4.07. The Bertz CT molecular complexity index is 768. The molecule has 0 aromatic heterocycles. The summed E-state index contributed by atoms with van der Waals surface area (Å²) in [7, 11) is 1.33. The molecule has 4 nitrogen and oxygen atoms in total. The van der Waals surface area contributed by atoms with Crippen molar-refractivity contribution in [3.8, 4) is 0 Å². The first-order valence-electron chi connectivity index (χ1n) is 8.11. The molecule has 0 amide bonds. The molecule has 0 saturated heterocycles. The molecule has 2 atom stereocenters. The second kappa shape index (κ2) is 6.48. The number of ketones is 1. The quantitative estimate of drug-likeness (QED) is 0.864. The third-order valence-corrected chi connectivity index (χ3v) is 4.57. The van der Waals surface area contributed by atoms with Gasteiger partial charge in [-0.1, -0.05) is 50.2 Å². The van der Waals surface area contributed by atoms with Gasteiger partial charge in [-0.05, 0) is 23.6 Å². The van der Waals surface area contributed by atoms with Crippen LogP contribution in [0.3, 0.4) is 0 Å². The second-order valence-electron chi connectivity index (χ2n) is 6.39. The van der Waals surface area contributed by atoms with Gasteiger partial charge in [0.25, 0.3) is 0 Å². The van der Waals surface area contributed by atoms with Gasteiger partial charge in [0.05, 0.1) is 24.3 Å². The van der Waals surface area contributed by atoms with Crippen molar-refractivity contribution in [3.63, 3.8) is 0 Å². The van der Waals surface area contributed by atoms with E-state index in [1.807, 2.05) is 50.2 Å². The lowest BCUT2D eigenvalue weighted by atomic mass is 9.75. The van der Waals surface area contributed by atoms with E-state index in [1.165, 1.54) is 7.11 Å². The van der Waals surface area contributed by atoms with Crippen LogP contribution in [0.2, 0.25) is 0 Å². The average Bonchev–Trinajstić information content (AvgIpc) is 2.60. The summed E-state index contributed by atoms with van der Waals surface area (Å²) in [4.78, 5) is 25.3. The van der Waals surface area contributed by atoms with Crippen molar-refractivity contribution < 1.29 is 14.3 Å². The number of rotatable bonds is 3. The van der Waals surface area contributed by atoms with Gasteiger partial charge in [-0.3, -0.25) is 4.79 Å². The molecule has 2 aromatic rings. The number of carbonyl (C=O) groups is 2. The third-order valence-electron chi connectivity index (χ3n) is 4.57. The zero-order valence-electron chi connectivity index (χ0n) is 14.1. The molecule has 0 aliphatic carbocycles. The Hall–Kier alpha value is -2.62. The fourth-order valence-electron chi connectivity index (χ4n) is 3.43. The van der Waals surface area contributed by atoms with Crippen LogP contribution in [0.1, 0.15) is 46.2 Å². The van der Waals surface area contributed by atoms with Gasteiger partial charge in [-0.15, -0.1) is 0 Å². The SMILES string of the molecule is COC(=O)c1cccc2c1C(=O)C(C(C)C)C(c1ccccc1)N2. The maximum absolute atomic E-state index is 13.2. The van der Waals surface area contributed by atoms with E-state index in [1.54, 1.807) is 12.1 Å². The van der Waals surface area contributed by atoms with Gasteiger partial charge >= 0.3 is 5.97 Å². The Kier molecular flexibility index (Phi) is 4.38. The molecule has 1 aliphatic heterocycles. The van der Waals surface area contributed by atoms with E-state index in [-0.39, 0.29) is 23.7 Å². The van der Waals surface area contributed by atoms with Crippen molar-refractivity contribution in [2.75, 3.05) is 12.4 Å². The lowest BCUT2D eigenvalue weighted by Gasteiger charge is -2.36. The molecular weight excluding hydrogens is 302 g/mol.